The van der Waals surface area contributed by atoms with Crippen molar-refractivity contribution in [1.82, 2.24) is 5.32 Å². The van der Waals surface area contributed by atoms with Crippen molar-refractivity contribution in [3.05, 3.63) is 12.2 Å². The number of nitrogens with one attached hydrogen (secondary N) is 1. The van der Waals surface area contributed by atoms with Gasteiger partial charge in [0.25, 0.3) is 0 Å². The maximum absolute atomic E-state index is 11.3. The van der Waals surface area contributed by atoms with Gasteiger partial charge in [0, 0.05) is 13.3 Å². The van der Waals surface area contributed by atoms with Crippen molar-refractivity contribution in [2.45, 2.75) is 37.2 Å². The van der Waals surface area contributed by atoms with Crippen LogP contribution in [0.25, 0.3) is 0 Å². The van der Waals surface area contributed by atoms with Gasteiger partial charge in [0.1, 0.15) is 6.10 Å². The SMILES string of the molecule is CC(=O)N[C@]12C=C[C@H](O)[C@@H]3ON=C([C@H](O)C1)[C@@H]32. The summed E-state index contributed by atoms with van der Waals surface area (Å²) in [7, 11) is 0. The molecule has 6 nitrogen and oxygen atoms in total. The number of hydrogen-bond donors (Lipinski definition) is 3. The highest BCUT2D eigenvalue weighted by molar-refractivity contribution is 5.97. The minimum absolute atomic E-state index is 0.176. The van der Waals surface area contributed by atoms with Crippen molar-refractivity contribution in [3.8, 4) is 0 Å². The summed E-state index contributed by atoms with van der Waals surface area (Å²) in [6, 6.07) is 0. The van der Waals surface area contributed by atoms with Crippen molar-refractivity contribution in [2.75, 3.05) is 0 Å². The molecular formula is C11H14N2O4. The Balaban J connectivity index is 2.04. The standard InChI is InChI=1S/C11H14N2O4/c1-5(14)12-11-3-2-6(15)10-8(11)9(13-17-10)7(16)4-11/h2-3,6-8,10,15-16H,4H2,1H3,(H,12,14)/t6-,7+,8-,10-,11+/m0/s1. The molecule has 0 spiro atoms. The van der Waals surface area contributed by atoms with Crippen LogP contribution in [0.1, 0.15) is 13.3 Å². The van der Waals surface area contributed by atoms with Crippen molar-refractivity contribution in [3.63, 3.8) is 0 Å². The van der Waals surface area contributed by atoms with Crippen molar-refractivity contribution >= 4 is 11.6 Å². The first kappa shape index (κ1) is 10.7. The molecule has 3 N–H and O–H groups in total. The number of aliphatic hydroxyl groups excluding tert-OH is 2. The number of nitrogens with zero attached hydrogens (tertiary/aromatic N) is 1. The Labute approximate surface area is 97.9 Å². The lowest BCUT2D eigenvalue weighted by Crippen LogP contribution is -2.57. The third-order valence-corrected chi connectivity index (χ3v) is 3.69. The maximum atomic E-state index is 11.3. The third kappa shape index (κ3) is 1.34. The van der Waals surface area contributed by atoms with Gasteiger partial charge in [-0.05, 0) is 0 Å². The first-order valence-electron chi connectivity index (χ1n) is 5.61. The van der Waals surface area contributed by atoms with Gasteiger partial charge < -0.3 is 20.4 Å². The second-order valence-electron chi connectivity index (χ2n) is 4.86. The number of amides is 1. The van der Waals surface area contributed by atoms with Crippen molar-refractivity contribution in [1.29, 1.82) is 0 Å². The molecular weight excluding hydrogens is 224 g/mol. The number of hydrogen-bond acceptors (Lipinski definition) is 5. The molecule has 1 amide bonds. The van der Waals surface area contributed by atoms with E-state index in [0.29, 0.717) is 12.1 Å². The first-order valence-corrected chi connectivity index (χ1v) is 5.61. The van der Waals surface area contributed by atoms with Gasteiger partial charge in [-0.2, -0.15) is 0 Å². The lowest BCUT2D eigenvalue weighted by molar-refractivity contribution is -0.121. The van der Waals surface area contributed by atoms with Crippen LogP contribution in [0, 0.1) is 5.92 Å². The largest absolute Gasteiger partial charge is 0.389 e. The second-order valence-corrected chi connectivity index (χ2v) is 4.86. The van der Waals surface area contributed by atoms with E-state index < -0.39 is 23.9 Å². The van der Waals surface area contributed by atoms with Gasteiger partial charge in [0.15, 0.2) is 6.10 Å². The van der Waals surface area contributed by atoms with Crippen LogP contribution in [-0.4, -0.2) is 45.7 Å². The third-order valence-electron chi connectivity index (χ3n) is 3.69. The van der Waals surface area contributed by atoms with E-state index in [2.05, 4.69) is 10.5 Å². The molecule has 0 radical (unpaired) electrons. The fourth-order valence-electron chi connectivity index (χ4n) is 3.09. The summed E-state index contributed by atoms with van der Waals surface area (Å²) in [6.07, 6.45) is 1.71. The second kappa shape index (κ2) is 3.30. The van der Waals surface area contributed by atoms with Crippen LogP contribution in [0.4, 0.5) is 0 Å². The summed E-state index contributed by atoms with van der Waals surface area (Å²) in [5, 5.41) is 26.4. The molecule has 0 aromatic rings. The summed E-state index contributed by atoms with van der Waals surface area (Å²) in [6.45, 7) is 1.43. The van der Waals surface area contributed by atoms with Gasteiger partial charge in [0.05, 0.1) is 23.3 Å². The molecule has 0 aromatic carbocycles. The van der Waals surface area contributed by atoms with E-state index in [9.17, 15) is 15.0 Å². The van der Waals surface area contributed by atoms with Gasteiger partial charge in [-0.3, -0.25) is 4.79 Å². The molecule has 1 saturated carbocycles. The van der Waals surface area contributed by atoms with Crippen LogP contribution in [-0.2, 0) is 9.63 Å². The molecule has 1 fully saturated rings. The average molecular weight is 238 g/mol. The highest BCUT2D eigenvalue weighted by Crippen LogP contribution is 2.45. The van der Waals surface area contributed by atoms with Crippen LogP contribution in [0.5, 0.6) is 0 Å². The van der Waals surface area contributed by atoms with Crippen LogP contribution in [0.2, 0.25) is 0 Å². The molecule has 3 aliphatic rings. The number of aliphatic hydroxyl groups is 2. The Morgan fingerprint density at radius 1 is 1.65 bits per heavy atom. The van der Waals surface area contributed by atoms with E-state index >= 15 is 0 Å². The maximum Gasteiger partial charge on any atom is 0.217 e. The first-order chi connectivity index (χ1) is 8.03. The van der Waals surface area contributed by atoms with Gasteiger partial charge in [-0.15, -0.1) is 0 Å². The van der Waals surface area contributed by atoms with E-state index in [-0.39, 0.29) is 11.8 Å². The smallest absolute Gasteiger partial charge is 0.217 e. The number of carbonyl (C=O) groups excluding carboxylic acids is 1. The van der Waals surface area contributed by atoms with Crippen LogP contribution < -0.4 is 5.32 Å². The minimum atomic E-state index is -0.756. The lowest BCUT2D eigenvalue weighted by Gasteiger charge is -2.38. The molecule has 5 atom stereocenters. The zero-order valence-corrected chi connectivity index (χ0v) is 9.33. The number of rotatable bonds is 1. The Bertz CT molecular complexity index is 433. The molecule has 17 heavy (non-hydrogen) atoms. The summed E-state index contributed by atoms with van der Waals surface area (Å²) < 4.78 is 0. The Morgan fingerprint density at radius 3 is 3.12 bits per heavy atom. The van der Waals surface area contributed by atoms with E-state index in [1.54, 1.807) is 12.2 Å². The molecule has 0 unspecified atom stereocenters. The molecule has 1 aliphatic heterocycles. The highest BCUT2D eigenvalue weighted by Gasteiger charge is 2.60. The Kier molecular flexibility index (Phi) is 2.08. The molecule has 92 valence electrons. The van der Waals surface area contributed by atoms with Crippen molar-refractivity contribution < 1.29 is 19.8 Å². The van der Waals surface area contributed by atoms with E-state index in [0.717, 1.165) is 0 Å². The quantitative estimate of drug-likeness (QED) is 0.507. The Morgan fingerprint density at radius 2 is 2.41 bits per heavy atom. The highest BCUT2D eigenvalue weighted by atomic mass is 16.7. The van der Waals surface area contributed by atoms with E-state index in [4.69, 9.17) is 4.84 Å². The normalized spacial score (nSPS) is 46.2. The van der Waals surface area contributed by atoms with Gasteiger partial charge >= 0.3 is 0 Å². The fraction of sp³-hybridized carbons (Fsp3) is 0.636. The monoisotopic (exact) mass is 238 g/mol. The number of carbonyl (C=O) groups is 1. The zero-order chi connectivity index (χ0) is 12.2. The summed E-state index contributed by atoms with van der Waals surface area (Å²) in [5.74, 6) is -0.452. The predicted molar refractivity (Wildman–Crippen MR) is 58.1 cm³/mol. The molecule has 1 heterocycles. The topological polar surface area (TPSA) is 91.2 Å². The minimum Gasteiger partial charge on any atom is -0.389 e. The van der Waals surface area contributed by atoms with E-state index in [1.807, 2.05) is 0 Å². The summed E-state index contributed by atoms with van der Waals surface area (Å²) >= 11 is 0. The number of oxime groups is 1. The van der Waals surface area contributed by atoms with Gasteiger partial charge in [-0.1, -0.05) is 17.3 Å². The van der Waals surface area contributed by atoms with E-state index in [1.165, 1.54) is 6.92 Å². The van der Waals surface area contributed by atoms with Crippen LogP contribution >= 0.6 is 0 Å². The lowest BCUT2D eigenvalue weighted by atomic mass is 9.76. The predicted octanol–water partition coefficient (Wildman–Crippen LogP) is -1.07. The molecule has 0 aromatic heterocycles. The molecule has 0 bridgehead atoms. The van der Waals surface area contributed by atoms with Crippen LogP contribution in [0.3, 0.4) is 0 Å². The fourth-order valence-corrected chi connectivity index (χ4v) is 3.09. The molecule has 0 saturated heterocycles. The molecule has 6 heteroatoms. The Hall–Kier alpha value is -1.40. The van der Waals surface area contributed by atoms with Gasteiger partial charge in [-0.25, -0.2) is 0 Å². The van der Waals surface area contributed by atoms with Crippen LogP contribution in [0.15, 0.2) is 17.3 Å². The zero-order valence-electron chi connectivity index (χ0n) is 9.33. The van der Waals surface area contributed by atoms with Crippen molar-refractivity contribution in [2.24, 2.45) is 11.1 Å². The molecule has 2 aliphatic carbocycles. The molecule has 3 rings (SSSR count). The van der Waals surface area contributed by atoms with Gasteiger partial charge in [0.2, 0.25) is 5.91 Å². The summed E-state index contributed by atoms with van der Waals surface area (Å²) in [4.78, 5) is 16.5. The average Bonchev–Trinajstić information content (AvgIpc) is 2.77. The summed E-state index contributed by atoms with van der Waals surface area (Å²) in [5.41, 5.74) is -0.156.